The van der Waals surface area contributed by atoms with Crippen molar-refractivity contribution in [2.45, 2.75) is 13.5 Å². The third-order valence-corrected chi connectivity index (χ3v) is 3.86. The average Bonchev–Trinajstić information content (AvgIpc) is 3.20. The summed E-state index contributed by atoms with van der Waals surface area (Å²) in [5.74, 6) is -0.969. The number of hydrogen-bond acceptors (Lipinski definition) is 7. The minimum absolute atomic E-state index is 0.127. The SMILES string of the molecule is Cc1ccnc2nc(C(=O)OCC(=O)NCc3cccs3)nn12. The molecule has 1 N–H and O–H groups in total. The van der Waals surface area contributed by atoms with Gasteiger partial charge in [0.1, 0.15) is 0 Å². The van der Waals surface area contributed by atoms with Gasteiger partial charge in [0.05, 0.1) is 6.54 Å². The molecule has 3 heterocycles. The standard InChI is InChI=1S/C14H13N5O3S/c1-9-4-5-15-14-17-12(18-19(9)14)13(21)22-8-11(20)16-7-10-3-2-6-23-10/h2-6H,7-8H2,1H3,(H,16,20). The third kappa shape index (κ3) is 3.51. The molecule has 3 aromatic rings. The van der Waals surface area contributed by atoms with Crippen LogP contribution in [0.25, 0.3) is 5.78 Å². The lowest BCUT2D eigenvalue weighted by molar-refractivity contribution is -0.124. The van der Waals surface area contributed by atoms with Crippen LogP contribution in [0.4, 0.5) is 0 Å². The number of amides is 1. The molecule has 23 heavy (non-hydrogen) atoms. The van der Waals surface area contributed by atoms with Gasteiger partial charge in [-0.3, -0.25) is 4.79 Å². The van der Waals surface area contributed by atoms with Gasteiger partial charge in [0.15, 0.2) is 6.61 Å². The van der Waals surface area contributed by atoms with Gasteiger partial charge in [-0.25, -0.2) is 14.3 Å². The van der Waals surface area contributed by atoms with E-state index in [0.29, 0.717) is 12.3 Å². The van der Waals surface area contributed by atoms with Crippen LogP contribution in [0.15, 0.2) is 29.8 Å². The van der Waals surface area contributed by atoms with Crippen molar-refractivity contribution in [3.8, 4) is 0 Å². The van der Waals surface area contributed by atoms with Crippen LogP contribution < -0.4 is 5.32 Å². The van der Waals surface area contributed by atoms with Crippen LogP contribution in [0.5, 0.6) is 0 Å². The lowest BCUT2D eigenvalue weighted by Gasteiger charge is -2.03. The summed E-state index contributed by atoms with van der Waals surface area (Å²) in [6.45, 7) is 1.84. The third-order valence-electron chi connectivity index (χ3n) is 2.99. The summed E-state index contributed by atoms with van der Waals surface area (Å²) in [4.78, 5) is 32.6. The van der Waals surface area contributed by atoms with E-state index < -0.39 is 5.97 Å². The maximum atomic E-state index is 11.9. The van der Waals surface area contributed by atoms with Crippen molar-refractivity contribution in [3.05, 3.63) is 46.2 Å². The molecule has 0 bridgehead atoms. The van der Waals surface area contributed by atoms with Crippen molar-refractivity contribution in [1.82, 2.24) is 24.9 Å². The number of carbonyl (C=O) groups excluding carboxylic acids is 2. The normalized spacial score (nSPS) is 10.7. The number of aryl methyl sites for hydroxylation is 1. The molecule has 0 saturated carbocycles. The second-order valence-electron chi connectivity index (χ2n) is 4.67. The van der Waals surface area contributed by atoms with Gasteiger partial charge in [-0.05, 0) is 24.4 Å². The largest absolute Gasteiger partial charge is 0.450 e. The summed E-state index contributed by atoms with van der Waals surface area (Å²) in [6, 6.07) is 5.55. The van der Waals surface area contributed by atoms with Crippen molar-refractivity contribution in [1.29, 1.82) is 0 Å². The van der Waals surface area contributed by atoms with Crippen LogP contribution in [0.2, 0.25) is 0 Å². The van der Waals surface area contributed by atoms with Crippen LogP contribution in [-0.2, 0) is 16.1 Å². The molecule has 0 unspecified atom stereocenters. The van der Waals surface area contributed by atoms with E-state index in [1.165, 1.54) is 15.9 Å². The van der Waals surface area contributed by atoms with Crippen molar-refractivity contribution < 1.29 is 14.3 Å². The maximum absolute atomic E-state index is 11.9. The second-order valence-corrected chi connectivity index (χ2v) is 5.70. The minimum Gasteiger partial charge on any atom is -0.450 e. The van der Waals surface area contributed by atoms with Gasteiger partial charge >= 0.3 is 5.97 Å². The van der Waals surface area contributed by atoms with E-state index in [0.717, 1.165) is 10.6 Å². The quantitative estimate of drug-likeness (QED) is 0.700. The van der Waals surface area contributed by atoms with Crippen LogP contribution in [0, 0.1) is 6.92 Å². The lowest BCUT2D eigenvalue weighted by atomic mass is 10.4. The van der Waals surface area contributed by atoms with Gasteiger partial charge in [0.25, 0.3) is 17.5 Å². The Bertz CT molecular complexity index is 843. The molecule has 0 aliphatic carbocycles. The number of fused-ring (bicyclic) bond motifs is 1. The van der Waals surface area contributed by atoms with E-state index in [1.807, 2.05) is 24.4 Å². The van der Waals surface area contributed by atoms with Gasteiger partial charge in [-0.1, -0.05) is 6.07 Å². The molecule has 0 aromatic carbocycles. The molecule has 0 atom stereocenters. The fraction of sp³-hybridized carbons (Fsp3) is 0.214. The number of nitrogens with one attached hydrogen (secondary N) is 1. The zero-order chi connectivity index (χ0) is 16.2. The predicted octanol–water partition coefficient (Wildman–Crippen LogP) is 0.967. The smallest absolute Gasteiger partial charge is 0.378 e. The lowest BCUT2D eigenvalue weighted by Crippen LogP contribution is -2.28. The number of thiophene rings is 1. The number of ether oxygens (including phenoxy) is 1. The molecule has 0 saturated heterocycles. The molecule has 3 rings (SSSR count). The summed E-state index contributed by atoms with van der Waals surface area (Å²) in [7, 11) is 0. The summed E-state index contributed by atoms with van der Waals surface area (Å²) >= 11 is 1.54. The number of hydrogen-bond donors (Lipinski definition) is 1. The molecule has 0 aliphatic rings. The van der Waals surface area contributed by atoms with Crippen molar-refractivity contribution in [3.63, 3.8) is 0 Å². The molecule has 9 heteroatoms. The zero-order valence-electron chi connectivity index (χ0n) is 12.2. The number of rotatable bonds is 5. The van der Waals surface area contributed by atoms with Crippen molar-refractivity contribution in [2.24, 2.45) is 0 Å². The zero-order valence-corrected chi connectivity index (χ0v) is 13.0. The van der Waals surface area contributed by atoms with E-state index in [2.05, 4.69) is 20.4 Å². The van der Waals surface area contributed by atoms with Crippen LogP contribution in [0.1, 0.15) is 21.2 Å². The van der Waals surface area contributed by atoms with Crippen molar-refractivity contribution >= 4 is 29.0 Å². The maximum Gasteiger partial charge on any atom is 0.378 e. The number of carbonyl (C=O) groups is 2. The first-order valence-electron chi connectivity index (χ1n) is 6.78. The van der Waals surface area contributed by atoms with Gasteiger partial charge in [-0.15, -0.1) is 16.4 Å². The van der Waals surface area contributed by atoms with Crippen LogP contribution >= 0.6 is 11.3 Å². The van der Waals surface area contributed by atoms with E-state index in [4.69, 9.17) is 4.74 Å². The van der Waals surface area contributed by atoms with Crippen LogP contribution in [0.3, 0.4) is 0 Å². The first-order valence-corrected chi connectivity index (χ1v) is 7.66. The van der Waals surface area contributed by atoms with Gasteiger partial charge in [0, 0.05) is 16.8 Å². The molecule has 118 valence electrons. The second kappa shape index (κ2) is 6.53. The molecular formula is C14H13N5O3S. The Morgan fingerprint density at radius 1 is 1.39 bits per heavy atom. The molecule has 8 nitrogen and oxygen atoms in total. The highest BCUT2D eigenvalue weighted by atomic mass is 32.1. The molecule has 0 fully saturated rings. The molecule has 0 aliphatic heterocycles. The Balaban J connectivity index is 1.55. The number of aromatic nitrogens is 4. The summed E-state index contributed by atoms with van der Waals surface area (Å²) in [5, 5.41) is 8.60. The number of esters is 1. The Kier molecular flexibility index (Phi) is 4.29. The Labute approximate surface area is 135 Å². The Morgan fingerprint density at radius 2 is 2.26 bits per heavy atom. The Morgan fingerprint density at radius 3 is 3.00 bits per heavy atom. The topological polar surface area (TPSA) is 98.5 Å². The highest BCUT2D eigenvalue weighted by Crippen LogP contribution is 2.07. The molecule has 3 aromatic heterocycles. The monoisotopic (exact) mass is 331 g/mol. The molecule has 0 radical (unpaired) electrons. The van der Waals surface area contributed by atoms with E-state index in [9.17, 15) is 9.59 Å². The van der Waals surface area contributed by atoms with Gasteiger partial charge in [-0.2, -0.15) is 4.98 Å². The predicted molar refractivity (Wildman–Crippen MR) is 82.0 cm³/mol. The van der Waals surface area contributed by atoms with E-state index in [1.54, 1.807) is 12.3 Å². The first kappa shape index (κ1) is 15.1. The first-order chi connectivity index (χ1) is 11.1. The summed E-state index contributed by atoms with van der Waals surface area (Å²) in [6.07, 6.45) is 1.58. The van der Waals surface area contributed by atoms with Crippen LogP contribution in [-0.4, -0.2) is 38.1 Å². The van der Waals surface area contributed by atoms with E-state index in [-0.39, 0.29) is 18.3 Å². The molecule has 1 amide bonds. The molecular weight excluding hydrogens is 318 g/mol. The average molecular weight is 331 g/mol. The Hall–Kier alpha value is -2.81. The highest BCUT2D eigenvalue weighted by molar-refractivity contribution is 7.09. The van der Waals surface area contributed by atoms with Gasteiger partial charge < -0.3 is 10.1 Å². The summed E-state index contributed by atoms with van der Waals surface area (Å²) in [5.41, 5.74) is 0.787. The fourth-order valence-corrected chi connectivity index (χ4v) is 2.48. The minimum atomic E-state index is -0.763. The number of nitrogens with zero attached hydrogens (tertiary/aromatic N) is 4. The van der Waals surface area contributed by atoms with E-state index >= 15 is 0 Å². The molecule has 0 spiro atoms. The summed E-state index contributed by atoms with van der Waals surface area (Å²) < 4.78 is 6.35. The van der Waals surface area contributed by atoms with Crippen molar-refractivity contribution in [2.75, 3.05) is 6.61 Å². The fourth-order valence-electron chi connectivity index (χ4n) is 1.84. The van der Waals surface area contributed by atoms with Gasteiger partial charge in [0.2, 0.25) is 0 Å². The highest BCUT2D eigenvalue weighted by Gasteiger charge is 2.17.